The van der Waals surface area contributed by atoms with Gasteiger partial charge in [0.2, 0.25) is 0 Å². The van der Waals surface area contributed by atoms with Crippen molar-refractivity contribution < 1.29 is 9.32 Å². The average Bonchev–Trinajstić information content (AvgIpc) is 2.99. The van der Waals surface area contributed by atoms with Crippen molar-refractivity contribution in [3.05, 3.63) is 58.4 Å². The molecule has 3 N–H and O–H groups in total. The number of fused-ring (bicyclic) bond motifs is 1. The number of benzene rings is 1. The number of halogens is 1. The molecule has 27 heavy (non-hydrogen) atoms. The molecule has 2 aromatic heterocycles. The predicted molar refractivity (Wildman–Crippen MR) is 108 cm³/mol. The van der Waals surface area contributed by atoms with E-state index in [4.69, 9.17) is 10.3 Å². The van der Waals surface area contributed by atoms with Gasteiger partial charge in [-0.05, 0) is 37.0 Å². The number of carbonyl (C=O) groups excluding carboxylic acids is 1. The molecular weight excluding hydrogens is 364 g/mol. The maximum Gasteiger partial charge on any atom is 0.258 e. The Kier molecular flexibility index (Phi) is 6.57. The van der Waals surface area contributed by atoms with Gasteiger partial charge in [-0.2, -0.15) is 0 Å². The monoisotopic (exact) mass is 388 g/mol. The Morgan fingerprint density at radius 1 is 1.19 bits per heavy atom. The Hall–Kier alpha value is -2.44. The summed E-state index contributed by atoms with van der Waals surface area (Å²) in [5.41, 5.74) is 10.7. The molecule has 1 atom stereocenters. The molecule has 1 unspecified atom stereocenters. The summed E-state index contributed by atoms with van der Waals surface area (Å²) in [5, 5.41) is 7.45. The van der Waals surface area contributed by atoms with Crippen LogP contribution in [0.3, 0.4) is 0 Å². The number of rotatable bonds is 5. The van der Waals surface area contributed by atoms with Gasteiger partial charge in [0, 0.05) is 18.3 Å². The van der Waals surface area contributed by atoms with Crippen molar-refractivity contribution >= 4 is 29.4 Å². The van der Waals surface area contributed by atoms with Crippen LogP contribution in [0.25, 0.3) is 11.1 Å². The fourth-order valence-corrected chi connectivity index (χ4v) is 2.94. The van der Waals surface area contributed by atoms with Gasteiger partial charge in [-0.3, -0.25) is 4.79 Å². The number of nitrogens with one attached hydrogen (secondary N) is 1. The summed E-state index contributed by atoms with van der Waals surface area (Å²) >= 11 is 0. The van der Waals surface area contributed by atoms with Crippen LogP contribution in [0.5, 0.6) is 0 Å². The van der Waals surface area contributed by atoms with Gasteiger partial charge in [0.25, 0.3) is 11.6 Å². The molecule has 0 saturated heterocycles. The quantitative estimate of drug-likeness (QED) is 0.693. The molecule has 7 heteroatoms. The van der Waals surface area contributed by atoms with E-state index >= 15 is 0 Å². The SMILES string of the molecule is Cc1cc(C(=O)NCC(N)c2ccc(C(C)C)cc2)c2c(C)noc2n1.Cl. The fraction of sp³-hybridized carbons (Fsp3) is 0.350. The van der Waals surface area contributed by atoms with Crippen LogP contribution in [0.4, 0.5) is 0 Å². The molecule has 0 aliphatic heterocycles. The smallest absolute Gasteiger partial charge is 0.258 e. The number of nitrogens with two attached hydrogens (primary N) is 1. The van der Waals surface area contributed by atoms with E-state index in [1.54, 1.807) is 13.0 Å². The van der Waals surface area contributed by atoms with E-state index in [0.717, 1.165) is 5.56 Å². The van der Waals surface area contributed by atoms with Crippen LogP contribution in [-0.4, -0.2) is 22.6 Å². The first-order valence-electron chi connectivity index (χ1n) is 8.74. The molecule has 2 heterocycles. The third kappa shape index (κ3) is 4.46. The second-order valence-electron chi connectivity index (χ2n) is 6.90. The number of nitrogens with zero attached hydrogens (tertiary/aromatic N) is 2. The molecule has 6 nitrogen and oxygen atoms in total. The highest BCUT2D eigenvalue weighted by atomic mass is 35.5. The van der Waals surface area contributed by atoms with E-state index in [2.05, 4.69) is 41.4 Å². The van der Waals surface area contributed by atoms with E-state index in [0.29, 0.717) is 40.5 Å². The highest BCUT2D eigenvalue weighted by Crippen LogP contribution is 2.22. The van der Waals surface area contributed by atoms with Crippen LogP contribution in [-0.2, 0) is 0 Å². The molecule has 0 spiro atoms. The minimum Gasteiger partial charge on any atom is -0.350 e. The summed E-state index contributed by atoms with van der Waals surface area (Å²) in [6.07, 6.45) is 0. The lowest BCUT2D eigenvalue weighted by molar-refractivity contribution is 0.0952. The maximum atomic E-state index is 12.7. The molecule has 0 aliphatic rings. The molecule has 144 valence electrons. The lowest BCUT2D eigenvalue weighted by atomic mass is 9.99. The zero-order chi connectivity index (χ0) is 18.8. The fourth-order valence-electron chi connectivity index (χ4n) is 2.94. The lowest BCUT2D eigenvalue weighted by Gasteiger charge is -2.15. The van der Waals surface area contributed by atoms with Crippen molar-refractivity contribution in [2.45, 2.75) is 39.7 Å². The maximum absolute atomic E-state index is 12.7. The summed E-state index contributed by atoms with van der Waals surface area (Å²) in [5.74, 6) is 0.269. The minimum atomic E-state index is -0.276. The Morgan fingerprint density at radius 2 is 1.81 bits per heavy atom. The third-order valence-corrected chi connectivity index (χ3v) is 4.50. The topological polar surface area (TPSA) is 94.0 Å². The van der Waals surface area contributed by atoms with Crippen molar-refractivity contribution in [2.75, 3.05) is 6.54 Å². The summed E-state index contributed by atoms with van der Waals surface area (Å²) in [6.45, 7) is 8.25. The van der Waals surface area contributed by atoms with Crippen molar-refractivity contribution in [1.29, 1.82) is 0 Å². The van der Waals surface area contributed by atoms with Gasteiger partial charge in [-0.25, -0.2) is 4.98 Å². The van der Waals surface area contributed by atoms with Gasteiger partial charge in [-0.15, -0.1) is 12.4 Å². The van der Waals surface area contributed by atoms with E-state index in [-0.39, 0.29) is 24.4 Å². The second-order valence-corrected chi connectivity index (χ2v) is 6.90. The minimum absolute atomic E-state index is 0. The Balaban J connectivity index is 0.00000261. The highest BCUT2D eigenvalue weighted by molar-refractivity contribution is 6.06. The van der Waals surface area contributed by atoms with Crippen LogP contribution >= 0.6 is 12.4 Å². The van der Waals surface area contributed by atoms with E-state index in [9.17, 15) is 4.79 Å². The van der Waals surface area contributed by atoms with E-state index < -0.39 is 0 Å². The van der Waals surface area contributed by atoms with Gasteiger partial charge in [0.1, 0.15) is 0 Å². The Bertz CT molecular complexity index is 935. The van der Waals surface area contributed by atoms with Crippen LogP contribution in [0.2, 0.25) is 0 Å². The van der Waals surface area contributed by atoms with E-state index in [1.807, 2.05) is 19.1 Å². The van der Waals surface area contributed by atoms with Crippen molar-refractivity contribution in [2.24, 2.45) is 5.73 Å². The number of carbonyl (C=O) groups is 1. The Morgan fingerprint density at radius 3 is 2.44 bits per heavy atom. The number of hydrogen-bond donors (Lipinski definition) is 2. The first-order valence-corrected chi connectivity index (χ1v) is 8.74. The zero-order valence-corrected chi connectivity index (χ0v) is 16.8. The lowest BCUT2D eigenvalue weighted by Crippen LogP contribution is -2.32. The van der Waals surface area contributed by atoms with Crippen LogP contribution < -0.4 is 11.1 Å². The summed E-state index contributed by atoms with van der Waals surface area (Å²) < 4.78 is 5.18. The highest BCUT2D eigenvalue weighted by Gasteiger charge is 2.18. The molecular formula is C20H25ClN4O2. The third-order valence-electron chi connectivity index (χ3n) is 4.50. The van der Waals surface area contributed by atoms with Gasteiger partial charge >= 0.3 is 0 Å². The summed E-state index contributed by atoms with van der Waals surface area (Å²) in [4.78, 5) is 16.9. The van der Waals surface area contributed by atoms with Crippen molar-refractivity contribution in [3.8, 4) is 0 Å². The van der Waals surface area contributed by atoms with Gasteiger partial charge in [0.15, 0.2) is 0 Å². The predicted octanol–water partition coefficient (Wildman–Crippen LogP) is 3.81. The normalized spacial score (nSPS) is 12.1. The Labute approximate surface area is 164 Å². The van der Waals surface area contributed by atoms with Crippen LogP contribution in [0, 0.1) is 13.8 Å². The molecule has 3 aromatic rings. The molecule has 0 bridgehead atoms. The summed E-state index contributed by atoms with van der Waals surface area (Å²) in [7, 11) is 0. The van der Waals surface area contributed by atoms with Gasteiger partial charge in [0.05, 0.1) is 16.6 Å². The molecule has 1 amide bonds. The van der Waals surface area contributed by atoms with Crippen molar-refractivity contribution in [1.82, 2.24) is 15.5 Å². The standard InChI is InChI=1S/C20H24N4O2.ClH/c1-11(2)14-5-7-15(8-6-14)17(21)10-22-19(25)16-9-12(3)23-20-18(16)13(4)24-26-20;/h5-9,11,17H,10,21H2,1-4H3,(H,22,25);1H. The number of aromatic nitrogens is 2. The zero-order valence-electron chi connectivity index (χ0n) is 15.9. The summed E-state index contributed by atoms with van der Waals surface area (Å²) in [6, 6.07) is 9.67. The molecule has 0 saturated carbocycles. The molecule has 1 aromatic carbocycles. The van der Waals surface area contributed by atoms with Gasteiger partial charge < -0.3 is 15.6 Å². The van der Waals surface area contributed by atoms with E-state index in [1.165, 1.54) is 5.56 Å². The van der Waals surface area contributed by atoms with Crippen LogP contribution in [0.1, 0.15) is 58.7 Å². The average molecular weight is 389 g/mol. The van der Waals surface area contributed by atoms with Crippen LogP contribution in [0.15, 0.2) is 34.9 Å². The number of hydrogen-bond acceptors (Lipinski definition) is 5. The first kappa shape index (κ1) is 20.9. The number of amides is 1. The molecule has 0 fully saturated rings. The largest absolute Gasteiger partial charge is 0.350 e. The van der Waals surface area contributed by atoms with Gasteiger partial charge in [-0.1, -0.05) is 43.3 Å². The molecule has 0 radical (unpaired) electrons. The molecule has 0 aliphatic carbocycles. The second kappa shape index (κ2) is 8.50. The number of pyridine rings is 1. The van der Waals surface area contributed by atoms with Crippen molar-refractivity contribution in [3.63, 3.8) is 0 Å². The first-order chi connectivity index (χ1) is 12.4. The number of aryl methyl sites for hydroxylation is 2. The molecule has 3 rings (SSSR count).